The second kappa shape index (κ2) is 5.69. The maximum Gasteiger partial charge on any atom is 0.282 e. The van der Waals surface area contributed by atoms with Gasteiger partial charge in [-0.05, 0) is 18.6 Å². The Morgan fingerprint density at radius 3 is 2.53 bits per heavy atom. The molecule has 0 aromatic heterocycles. The maximum atomic E-state index is 12.4. The molecule has 2 rings (SSSR count). The molecule has 0 radical (unpaired) electrons. The molecule has 1 aromatic carbocycles. The molecule has 0 atom stereocenters. The number of benzene rings is 1. The Labute approximate surface area is 114 Å². The number of hydrogen-bond acceptors (Lipinski definition) is 3. The molecule has 0 saturated heterocycles. The van der Waals surface area contributed by atoms with E-state index in [1.807, 2.05) is 55.5 Å². The minimum Gasteiger partial charge on any atom is -0.383 e. The van der Waals surface area contributed by atoms with Gasteiger partial charge in [-0.1, -0.05) is 31.5 Å². The Hall–Kier alpha value is -2.10. The van der Waals surface area contributed by atoms with E-state index < -0.39 is 0 Å². The van der Waals surface area contributed by atoms with Crippen molar-refractivity contribution < 1.29 is 4.79 Å². The molecule has 0 bridgehead atoms. The van der Waals surface area contributed by atoms with Crippen LogP contribution < -0.4 is 5.01 Å². The topological polar surface area (TPSA) is 35.9 Å². The van der Waals surface area contributed by atoms with Gasteiger partial charge < -0.3 is 4.90 Å². The first-order valence-electron chi connectivity index (χ1n) is 6.49. The summed E-state index contributed by atoms with van der Waals surface area (Å²) in [4.78, 5) is 14.3. The molecule has 1 amide bonds. The summed E-state index contributed by atoms with van der Waals surface area (Å²) in [6, 6.07) is 9.53. The van der Waals surface area contributed by atoms with Crippen LogP contribution in [-0.2, 0) is 4.79 Å². The van der Waals surface area contributed by atoms with Gasteiger partial charge in [-0.25, -0.2) is 0 Å². The first kappa shape index (κ1) is 13.3. The summed E-state index contributed by atoms with van der Waals surface area (Å²) in [7, 11) is 3.82. The van der Waals surface area contributed by atoms with E-state index in [9.17, 15) is 4.79 Å². The van der Waals surface area contributed by atoms with Crippen molar-refractivity contribution in [3.63, 3.8) is 0 Å². The first-order chi connectivity index (χ1) is 9.13. The van der Waals surface area contributed by atoms with Crippen LogP contribution >= 0.6 is 0 Å². The summed E-state index contributed by atoms with van der Waals surface area (Å²) in [6.45, 7) is 2.09. The molecular formula is C15H19N3O. The van der Waals surface area contributed by atoms with E-state index in [1.54, 1.807) is 0 Å². The molecule has 0 fully saturated rings. The average molecular weight is 257 g/mol. The van der Waals surface area contributed by atoms with Crippen molar-refractivity contribution >= 4 is 17.3 Å². The zero-order valence-electron chi connectivity index (χ0n) is 11.6. The van der Waals surface area contributed by atoms with Gasteiger partial charge in [0.1, 0.15) is 0 Å². The van der Waals surface area contributed by atoms with Gasteiger partial charge in [0, 0.05) is 20.3 Å². The van der Waals surface area contributed by atoms with Crippen molar-refractivity contribution in [1.29, 1.82) is 0 Å². The smallest absolute Gasteiger partial charge is 0.282 e. The van der Waals surface area contributed by atoms with E-state index in [2.05, 4.69) is 12.0 Å². The molecule has 1 heterocycles. The Kier molecular flexibility index (Phi) is 4.00. The van der Waals surface area contributed by atoms with Crippen LogP contribution in [0.3, 0.4) is 0 Å². The summed E-state index contributed by atoms with van der Waals surface area (Å²) < 4.78 is 0. The van der Waals surface area contributed by atoms with Crippen molar-refractivity contribution in [2.45, 2.75) is 19.8 Å². The molecule has 1 aromatic rings. The van der Waals surface area contributed by atoms with E-state index in [0.29, 0.717) is 5.57 Å². The summed E-state index contributed by atoms with van der Waals surface area (Å²) in [5.74, 6) is -0.0525. The van der Waals surface area contributed by atoms with E-state index in [4.69, 9.17) is 0 Å². The lowest BCUT2D eigenvalue weighted by atomic mass is 10.1. The molecule has 4 nitrogen and oxygen atoms in total. The number of carbonyl (C=O) groups excluding carboxylic acids is 1. The Morgan fingerprint density at radius 1 is 1.26 bits per heavy atom. The Morgan fingerprint density at radius 2 is 1.95 bits per heavy atom. The lowest BCUT2D eigenvalue weighted by Gasteiger charge is -2.11. The van der Waals surface area contributed by atoms with Crippen LogP contribution in [0.15, 0.2) is 47.2 Å². The zero-order valence-corrected chi connectivity index (χ0v) is 11.6. The molecule has 0 aliphatic carbocycles. The van der Waals surface area contributed by atoms with Crippen LogP contribution in [0.5, 0.6) is 0 Å². The Balaban J connectivity index is 2.36. The van der Waals surface area contributed by atoms with E-state index >= 15 is 0 Å². The Bertz CT molecular complexity index is 517. The van der Waals surface area contributed by atoms with E-state index in [0.717, 1.165) is 24.2 Å². The highest BCUT2D eigenvalue weighted by atomic mass is 16.2. The normalized spacial score (nSPS) is 17.0. The van der Waals surface area contributed by atoms with Gasteiger partial charge in [0.05, 0.1) is 17.0 Å². The van der Waals surface area contributed by atoms with E-state index in [1.165, 1.54) is 5.01 Å². The largest absolute Gasteiger partial charge is 0.383 e. The minimum absolute atomic E-state index is 0.0525. The summed E-state index contributed by atoms with van der Waals surface area (Å²) >= 11 is 0. The molecule has 1 aliphatic heterocycles. The third-order valence-electron chi connectivity index (χ3n) is 2.83. The first-order valence-corrected chi connectivity index (χ1v) is 6.49. The van der Waals surface area contributed by atoms with Crippen LogP contribution in [-0.4, -0.2) is 30.6 Å². The molecule has 4 heteroatoms. The third kappa shape index (κ3) is 2.84. The van der Waals surface area contributed by atoms with Crippen LogP contribution in [0, 0.1) is 0 Å². The van der Waals surface area contributed by atoms with Gasteiger partial charge in [0.15, 0.2) is 0 Å². The van der Waals surface area contributed by atoms with Crippen molar-refractivity contribution in [2.75, 3.05) is 19.1 Å². The third-order valence-corrected chi connectivity index (χ3v) is 2.83. The highest BCUT2D eigenvalue weighted by molar-refractivity contribution is 6.30. The number of anilines is 1. The molecule has 19 heavy (non-hydrogen) atoms. The molecular weight excluding hydrogens is 238 g/mol. The molecule has 0 spiro atoms. The highest BCUT2D eigenvalue weighted by Gasteiger charge is 2.30. The minimum atomic E-state index is -0.0525. The standard InChI is InChI=1S/C15H19N3O/c1-4-8-14-13(11-17(2)3)15(19)18(16-14)12-9-6-5-7-10-12/h5-7,9-11H,4,8H2,1-3H3/b13-11-. The lowest BCUT2D eigenvalue weighted by Crippen LogP contribution is -2.22. The number of nitrogens with zero attached hydrogens (tertiary/aromatic N) is 3. The molecule has 1 aliphatic rings. The zero-order chi connectivity index (χ0) is 13.8. The van der Waals surface area contributed by atoms with Crippen molar-refractivity contribution in [3.8, 4) is 0 Å². The van der Waals surface area contributed by atoms with Gasteiger partial charge >= 0.3 is 0 Å². The van der Waals surface area contributed by atoms with Gasteiger partial charge in [-0.3, -0.25) is 4.79 Å². The van der Waals surface area contributed by atoms with Gasteiger partial charge in [-0.15, -0.1) is 0 Å². The van der Waals surface area contributed by atoms with Crippen LogP contribution in [0.2, 0.25) is 0 Å². The molecule has 0 saturated carbocycles. The number of amides is 1. The van der Waals surface area contributed by atoms with Crippen LogP contribution in [0.1, 0.15) is 19.8 Å². The fourth-order valence-corrected chi connectivity index (χ4v) is 2.01. The number of hydrogen-bond donors (Lipinski definition) is 0. The highest BCUT2D eigenvalue weighted by Crippen LogP contribution is 2.24. The fourth-order valence-electron chi connectivity index (χ4n) is 2.01. The maximum absolute atomic E-state index is 12.4. The molecule has 100 valence electrons. The van der Waals surface area contributed by atoms with Gasteiger partial charge in [0.2, 0.25) is 0 Å². The predicted octanol–water partition coefficient (Wildman–Crippen LogP) is 2.63. The van der Waals surface area contributed by atoms with Crippen LogP contribution in [0.4, 0.5) is 5.69 Å². The second-order valence-electron chi connectivity index (χ2n) is 4.76. The quantitative estimate of drug-likeness (QED) is 0.777. The molecule has 0 unspecified atom stereocenters. The predicted molar refractivity (Wildman–Crippen MR) is 78.0 cm³/mol. The number of rotatable bonds is 4. The van der Waals surface area contributed by atoms with Crippen LogP contribution in [0.25, 0.3) is 0 Å². The number of para-hydroxylation sites is 1. The lowest BCUT2D eigenvalue weighted by molar-refractivity contribution is -0.114. The fraction of sp³-hybridized carbons (Fsp3) is 0.333. The SMILES string of the molecule is CCCC1=NN(c2ccccc2)C(=O)/C1=C\N(C)C. The summed E-state index contributed by atoms with van der Waals surface area (Å²) in [5, 5.41) is 5.96. The van der Waals surface area contributed by atoms with Gasteiger partial charge in [0.25, 0.3) is 5.91 Å². The monoisotopic (exact) mass is 257 g/mol. The number of carbonyl (C=O) groups is 1. The number of hydrazone groups is 1. The average Bonchev–Trinajstić information content (AvgIpc) is 2.69. The van der Waals surface area contributed by atoms with Crippen molar-refractivity contribution in [2.24, 2.45) is 5.10 Å². The summed E-state index contributed by atoms with van der Waals surface area (Å²) in [6.07, 6.45) is 3.63. The van der Waals surface area contributed by atoms with E-state index in [-0.39, 0.29) is 5.91 Å². The molecule has 0 N–H and O–H groups in total. The summed E-state index contributed by atoms with van der Waals surface area (Å²) in [5.41, 5.74) is 2.36. The second-order valence-corrected chi connectivity index (χ2v) is 4.76. The van der Waals surface area contributed by atoms with Crippen molar-refractivity contribution in [1.82, 2.24) is 4.90 Å². The van der Waals surface area contributed by atoms with Gasteiger partial charge in [-0.2, -0.15) is 10.1 Å². The van der Waals surface area contributed by atoms with Crippen molar-refractivity contribution in [3.05, 3.63) is 42.1 Å².